The smallest absolute Gasteiger partial charge is 0.256 e. The maximum Gasteiger partial charge on any atom is 0.256 e. The highest BCUT2D eigenvalue weighted by molar-refractivity contribution is 5.62. The Balaban J connectivity index is 2.85. The largest absolute Gasteiger partial charge is 0.546 e. The molecule has 0 aliphatic heterocycles. The summed E-state index contributed by atoms with van der Waals surface area (Å²) in [5.41, 5.74) is 0. The van der Waals surface area contributed by atoms with Crippen LogP contribution in [0.25, 0.3) is 0 Å². The molecular weight excluding hydrogens is 218 g/mol. The molecule has 0 N–H and O–H groups in total. The molecule has 0 aliphatic rings. The Morgan fingerprint density at radius 2 is 2.41 bits per heavy atom. The molecule has 0 fully saturated rings. The Morgan fingerprint density at radius 3 is 3.00 bits per heavy atom. The second kappa shape index (κ2) is 6.69. The van der Waals surface area contributed by atoms with Gasteiger partial charge in [-0.15, -0.1) is 0 Å². The van der Waals surface area contributed by atoms with E-state index in [0.29, 0.717) is 13.0 Å². The minimum atomic E-state index is -1.09. The van der Waals surface area contributed by atoms with Gasteiger partial charge in [0.25, 0.3) is 5.82 Å². The van der Waals surface area contributed by atoms with E-state index < -0.39 is 5.97 Å². The van der Waals surface area contributed by atoms with E-state index in [9.17, 15) is 9.90 Å². The predicted octanol–water partition coefficient (Wildman–Crippen LogP) is -0.218. The van der Waals surface area contributed by atoms with Gasteiger partial charge in [0.15, 0.2) is 0 Å². The van der Waals surface area contributed by atoms with Crippen molar-refractivity contribution < 1.29 is 14.5 Å². The molecule has 5 heteroatoms. The van der Waals surface area contributed by atoms with Crippen LogP contribution in [-0.2, 0) is 24.3 Å². The van der Waals surface area contributed by atoms with Crippen LogP contribution in [0.1, 0.15) is 32.0 Å². The summed E-state index contributed by atoms with van der Waals surface area (Å²) in [5.74, 6) is -0.142. The quantitative estimate of drug-likeness (QED) is 0.613. The number of carboxylic acid groups (broad SMARTS) is 1. The van der Waals surface area contributed by atoms with Crippen LogP contribution in [0.5, 0.6) is 0 Å². The van der Waals surface area contributed by atoms with Crippen LogP contribution in [-0.4, -0.2) is 10.5 Å². The normalized spacial score (nSPS) is 10.1. The highest BCUT2D eigenvalue weighted by Crippen LogP contribution is 2.03. The summed E-state index contributed by atoms with van der Waals surface area (Å²) in [5, 5.41) is 19.2. The average molecular weight is 235 g/mol. The molecule has 0 amide bonds. The Morgan fingerprint density at radius 1 is 1.65 bits per heavy atom. The van der Waals surface area contributed by atoms with E-state index in [-0.39, 0.29) is 6.54 Å². The summed E-state index contributed by atoms with van der Waals surface area (Å²) >= 11 is 0. The zero-order chi connectivity index (χ0) is 12.7. The van der Waals surface area contributed by atoms with Crippen LogP contribution < -0.4 is 9.67 Å². The lowest BCUT2D eigenvalue weighted by atomic mass is 10.2. The van der Waals surface area contributed by atoms with Gasteiger partial charge in [-0.25, -0.2) is 9.13 Å². The molecule has 0 unspecified atom stereocenters. The number of nitrogens with zero attached hydrogens (tertiary/aromatic N) is 3. The van der Waals surface area contributed by atoms with E-state index in [4.69, 9.17) is 5.26 Å². The van der Waals surface area contributed by atoms with E-state index >= 15 is 0 Å². The Labute approximate surface area is 101 Å². The topological polar surface area (TPSA) is 72.7 Å². The number of unbranched alkanes of at least 4 members (excludes halogenated alkanes) is 1. The number of aliphatic carboxylic acids is 1. The Kier molecular flexibility index (Phi) is 5.21. The molecule has 1 aromatic heterocycles. The van der Waals surface area contributed by atoms with Crippen LogP contribution in [0.2, 0.25) is 0 Å². The molecule has 0 bridgehead atoms. The first-order chi connectivity index (χ1) is 8.19. The lowest BCUT2D eigenvalue weighted by Crippen LogP contribution is -2.45. The van der Waals surface area contributed by atoms with Crippen molar-refractivity contribution >= 4 is 5.97 Å². The molecule has 1 aromatic rings. The summed E-state index contributed by atoms with van der Waals surface area (Å²) in [6.07, 6.45) is 6.86. The van der Waals surface area contributed by atoms with E-state index in [0.717, 1.165) is 25.1 Å². The van der Waals surface area contributed by atoms with Gasteiger partial charge < -0.3 is 9.90 Å². The van der Waals surface area contributed by atoms with Gasteiger partial charge in [0.2, 0.25) is 0 Å². The molecule has 0 aliphatic carbocycles. The van der Waals surface area contributed by atoms with Crippen LogP contribution >= 0.6 is 0 Å². The molecule has 0 saturated heterocycles. The number of carbonyl (C=O) groups excluding carboxylic acids is 1. The zero-order valence-electron chi connectivity index (χ0n) is 10.1. The molecule has 0 radical (unpaired) electrons. The van der Waals surface area contributed by atoms with Gasteiger partial charge >= 0.3 is 0 Å². The van der Waals surface area contributed by atoms with Crippen LogP contribution in [0.3, 0.4) is 0 Å². The second-order valence-corrected chi connectivity index (χ2v) is 3.92. The molecule has 0 atom stereocenters. The van der Waals surface area contributed by atoms with Crippen LogP contribution in [0.15, 0.2) is 12.4 Å². The van der Waals surface area contributed by atoms with Gasteiger partial charge in [0, 0.05) is 6.42 Å². The fourth-order valence-electron chi connectivity index (χ4n) is 1.78. The minimum Gasteiger partial charge on any atom is -0.546 e. The zero-order valence-corrected chi connectivity index (χ0v) is 10.1. The number of hydrogen-bond donors (Lipinski definition) is 0. The second-order valence-electron chi connectivity index (χ2n) is 3.92. The SMILES string of the molecule is CCCCc1n(CCC#N)cc[n+]1CC(=O)[O-]. The first-order valence-corrected chi connectivity index (χ1v) is 5.83. The molecule has 0 spiro atoms. The van der Waals surface area contributed by atoms with E-state index in [1.807, 2.05) is 10.8 Å². The summed E-state index contributed by atoms with van der Waals surface area (Å²) in [4.78, 5) is 10.6. The fraction of sp³-hybridized carbons (Fsp3) is 0.583. The number of rotatable bonds is 7. The fourth-order valence-corrected chi connectivity index (χ4v) is 1.78. The minimum absolute atomic E-state index is 0.126. The summed E-state index contributed by atoms with van der Waals surface area (Å²) in [7, 11) is 0. The van der Waals surface area contributed by atoms with Crippen molar-refractivity contribution in [3.05, 3.63) is 18.2 Å². The first kappa shape index (κ1) is 13.2. The van der Waals surface area contributed by atoms with Crippen molar-refractivity contribution in [1.82, 2.24) is 4.57 Å². The number of hydrogen-bond acceptors (Lipinski definition) is 3. The maximum absolute atomic E-state index is 10.6. The van der Waals surface area contributed by atoms with Crippen molar-refractivity contribution in [2.45, 2.75) is 45.7 Å². The number of nitriles is 1. The monoisotopic (exact) mass is 235 g/mol. The number of aromatic nitrogens is 2. The highest BCUT2D eigenvalue weighted by Gasteiger charge is 2.16. The van der Waals surface area contributed by atoms with E-state index in [1.165, 1.54) is 0 Å². The lowest BCUT2D eigenvalue weighted by molar-refractivity contribution is -0.697. The molecule has 92 valence electrons. The first-order valence-electron chi connectivity index (χ1n) is 5.83. The highest BCUT2D eigenvalue weighted by atomic mass is 16.4. The third-order valence-corrected chi connectivity index (χ3v) is 2.61. The third kappa shape index (κ3) is 3.91. The van der Waals surface area contributed by atoms with Crippen LogP contribution in [0.4, 0.5) is 0 Å². The third-order valence-electron chi connectivity index (χ3n) is 2.61. The average Bonchev–Trinajstić information content (AvgIpc) is 2.65. The molecule has 0 aromatic carbocycles. The number of imidazole rings is 1. The Hall–Kier alpha value is -1.83. The van der Waals surface area contributed by atoms with Gasteiger partial charge in [-0.05, 0) is 6.42 Å². The lowest BCUT2D eigenvalue weighted by Gasteiger charge is -2.04. The molecule has 1 heterocycles. The van der Waals surface area contributed by atoms with Crippen molar-refractivity contribution in [3.63, 3.8) is 0 Å². The van der Waals surface area contributed by atoms with Crippen LogP contribution in [0, 0.1) is 11.3 Å². The number of carbonyl (C=O) groups is 1. The van der Waals surface area contributed by atoms with Gasteiger partial charge in [-0.2, -0.15) is 5.26 Å². The Bertz CT molecular complexity index is 418. The van der Waals surface area contributed by atoms with Crippen molar-refractivity contribution in [1.29, 1.82) is 5.26 Å². The molecule has 17 heavy (non-hydrogen) atoms. The molecule has 1 rings (SSSR count). The van der Waals surface area contributed by atoms with E-state index in [1.54, 1.807) is 10.8 Å². The maximum atomic E-state index is 10.6. The van der Waals surface area contributed by atoms with Gasteiger partial charge in [0.05, 0.1) is 18.5 Å². The van der Waals surface area contributed by atoms with Crippen molar-refractivity contribution in [3.8, 4) is 6.07 Å². The summed E-state index contributed by atoms with van der Waals surface area (Å²) in [6.45, 7) is 2.57. The van der Waals surface area contributed by atoms with Gasteiger partial charge in [0.1, 0.15) is 25.5 Å². The molecular formula is C12H17N3O2. The van der Waals surface area contributed by atoms with Crippen molar-refractivity contribution in [2.75, 3.05) is 0 Å². The summed E-state index contributed by atoms with van der Waals surface area (Å²) < 4.78 is 3.63. The summed E-state index contributed by atoms with van der Waals surface area (Å²) in [6, 6.07) is 2.09. The van der Waals surface area contributed by atoms with Crippen molar-refractivity contribution in [2.24, 2.45) is 0 Å². The van der Waals surface area contributed by atoms with Gasteiger partial charge in [-0.1, -0.05) is 13.3 Å². The predicted molar refractivity (Wildman–Crippen MR) is 58.5 cm³/mol. The van der Waals surface area contributed by atoms with Gasteiger partial charge in [-0.3, -0.25) is 0 Å². The number of aryl methyl sites for hydroxylation is 1. The van der Waals surface area contributed by atoms with E-state index in [2.05, 4.69) is 13.0 Å². The molecule has 5 nitrogen and oxygen atoms in total. The number of carboxylic acids is 1. The molecule has 0 saturated carbocycles. The standard InChI is InChI=1S/C12H17N3O2/c1-2-3-5-11-14(7-4-6-13)8-9-15(11)10-12(16)17/h8-9H,2-5,7,10H2,1H3.